The molecule has 1 rings (SSSR count). The molecule has 1 aliphatic heterocycles. The second kappa shape index (κ2) is 2.70. The van der Waals surface area contributed by atoms with E-state index in [2.05, 4.69) is 4.99 Å². The predicted octanol–water partition coefficient (Wildman–Crippen LogP) is 1.09. The van der Waals surface area contributed by atoms with Crippen LogP contribution in [0.4, 0.5) is 4.79 Å². The molecule has 1 amide bonds. The summed E-state index contributed by atoms with van der Waals surface area (Å²) in [5, 5.41) is 8.62. The third-order valence-corrected chi connectivity index (χ3v) is 1.36. The van der Waals surface area contributed by atoms with Crippen LogP contribution in [0.15, 0.2) is 16.2 Å². The minimum Gasteiger partial charge on any atom is -0.465 e. The monoisotopic (exact) mass is 160 g/mol. The molecule has 0 saturated heterocycles. The first-order valence-corrected chi connectivity index (χ1v) is 2.95. The molecule has 0 saturated carbocycles. The van der Waals surface area contributed by atoms with Crippen molar-refractivity contribution in [2.45, 2.75) is 0 Å². The Balaban J connectivity index is 2.73. The van der Waals surface area contributed by atoms with Gasteiger partial charge >= 0.3 is 6.09 Å². The molecule has 0 aromatic heterocycles. The van der Waals surface area contributed by atoms with Gasteiger partial charge < -0.3 is 5.11 Å². The summed E-state index contributed by atoms with van der Waals surface area (Å²) in [6, 6.07) is 0. The summed E-state index contributed by atoms with van der Waals surface area (Å²) in [5.41, 5.74) is 0. The maximum Gasteiger partial charge on any atom is 0.414 e. The molecule has 54 valence electrons. The Kier molecular flexibility index (Phi) is 1.91. The molecule has 1 N–H and O–H groups in total. The van der Waals surface area contributed by atoms with E-state index in [1.807, 2.05) is 0 Å². The highest BCUT2D eigenvalue weighted by Gasteiger charge is 2.15. The van der Waals surface area contributed by atoms with Crippen LogP contribution in [0, 0.1) is 0 Å². The molecule has 0 spiro atoms. The average Bonchev–Trinajstić information content (AvgIpc) is 1.88. The highest BCUT2D eigenvalue weighted by atomic mass is 35.5. The molecule has 4 nitrogen and oxygen atoms in total. The SMILES string of the molecule is O=C(O)N1CN=CC=C1Cl. The van der Waals surface area contributed by atoms with Gasteiger partial charge in [0.25, 0.3) is 0 Å². The first kappa shape index (κ1) is 7.08. The third-order valence-electron chi connectivity index (χ3n) is 1.03. The highest BCUT2D eigenvalue weighted by molar-refractivity contribution is 6.31. The molecule has 0 aliphatic carbocycles. The average molecular weight is 161 g/mol. The molecule has 0 bridgehead atoms. The molecule has 1 heterocycles. The van der Waals surface area contributed by atoms with Crippen molar-refractivity contribution in [2.24, 2.45) is 4.99 Å². The zero-order valence-corrected chi connectivity index (χ0v) is 5.75. The van der Waals surface area contributed by atoms with Gasteiger partial charge in [0, 0.05) is 6.21 Å². The molecule has 0 aromatic rings. The Morgan fingerprint density at radius 3 is 3.00 bits per heavy atom. The summed E-state index contributed by atoms with van der Waals surface area (Å²) in [6.07, 6.45) is 1.82. The fourth-order valence-electron chi connectivity index (χ4n) is 0.552. The van der Waals surface area contributed by atoms with Crippen LogP contribution in [0.1, 0.15) is 0 Å². The number of carboxylic acid groups (broad SMARTS) is 1. The zero-order chi connectivity index (χ0) is 7.56. The van der Waals surface area contributed by atoms with Crippen molar-refractivity contribution in [1.82, 2.24) is 4.90 Å². The predicted molar refractivity (Wildman–Crippen MR) is 37.2 cm³/mol. The van der Waals surface area contributed by atoms with Gasteiger partial charge in [0.2, 0.25) is 0 Å². The van der Waals surface area contributed by atoms with Crippen molar-refractivity contribution < 1.29 is 9.90 Å². The number of hydrogen-bond donors (Lipinski definition) is 1. The fourth-order valence-corrected chi connectivity index (χ4v) is 0.734. The van der Waals surface area contributed by atoms with Crippen LogP contribution in [-0.4, -0.2) is 29.0 Å². The smallest absolute Gasteiger partial charge is 0.414 e. The lowest BCUT2D eigenvalue weighted by Crippen LogP contribution is -2.28. The Bertz CT molecular complexity index is 212. The van der Waals surface area contributed by atoms with Gasteiger partial charge in [0.1, 0.15) is 11.8 Å². The minimum atomic E-state index is -1.09. The molecular formula is C5H5ClN2O2. The van der Waals surface area contributed by atoms with E-state index >= 15 is 0 Å². The summed E-state index contributed by atoms with van der Waals surface area (Å²) >= 11 is 5.49. The maximum atomic E-state index is 10.3. The Labute approximate surface area is 62.4 Å². The quantitative estimate of drug-likeness (QED) is 0.540. The number of allylic oxidation sites excluding steroid dienone is 1. The van der Waals surface area contributed by atoms with E-state index < -0.39 is 6.09 Å². The summed E-state index contributed by atoms with van der Waals surface area (Å²) in [5.74, 6) is 0. The minimum absolute atomic E-state index is 0.0880. The van der Waals surface area contributed by atoms with Crippen molar-refractivity contribution in [3.63, 3.8) is 0 Å². The summed E-state index contributed by atoms with van der Waals surface area (Å²) in [7, 11) is 0. The molecular weight excluding hydrogens is 156 g/mol. The standard InChI is InChI=1S/C5H5ClN2O2/c6-4-1-2-7-3-8(4)5(9)10/h1-2H,3H2,(H,9,10). The van der Waals surface area contributed by atoms with Gasteiger partial charge in [0.15, 0.2) is 0 Å². The van der Waals surface area contributed by atoms with E-state index in [-0.39, 0.29) is 11.8 Å². The second-order valence-electron chi connectivity index (χ2n) is 1.67. The summed E-state index contributed by atoms with van der Waals surface area (Å²) in [6.45, 7) is 0.0880. The van der Waals surface area contributed by atoms with E-state index in [1.165, 1.54) is 12.3 Å². The van der Waals surface area contributed by atoms with Crippen molar-refractivity contribution in [3.05, 3.63) is 11.2 Å². The van der Waals surface area contributed by atoms with Crippen molar-refractivity contribution in [1.29, 1.82) is 0 Å². The molecule has 0 radical (unpaired) electrons. The van der Waals surface area contributed by atoms with E-state index in [0.717, 1.165) is 4.90 Å². The lowest BCUT2D eigenvalue weighted by molar-refractivity contribution is 0.162. The highest BCUT2D eigenvalue weighted by Crippen LogP contribution is 2.11. The van der Waals surface area contributed by atoms with Crippen molar-refractivity contribution in [3.8, 4) is 0 Å². The first-order valence-electron chi connectivity index (χ1n) is 2.58. The van der Waals surface area contributed by atoms with Crippen molar-refractivity contribution >= 4 is 23.9 Å². The molecule has 10 heavy (non-hydrogen) atoms. The Morgan fingerprint density at radius 2 is 2.60 bits per heavy atom. The van der Waals surface area contributed by atoms with Crippen LogP contribution in [-0.2, 0) is 0 Å². The van der Waals surface area contributed by atoms with Gasteiger partial charge in [-0.15, -0.1) is 0 Å². The maximum absolute atomic E-state index is 10.3. The van der Waals surface area contributed by atoms with E-state index in [9.17, 15) is 4.79 Å². The normalized spacial score (nSPS) is 16.9. The number of nitrogens with zero attached hydrogens (tertiary/aromatic N) is 2. The molecule has 5 heteroatoms. The van der Waals surface area contributed by atoms with E-state index in [0.29, 0.717) is 0 Å². The van der Waals surface area contributed by atoms with E-state index in [4.69, 9.17) is 16.7 Å². The number of aliphatic imine (C=N–C) groups is 1. The van der Waals surface area contributed by atoms with Crippen LogP contribution < -0.4 is 0 Å². The summed E-state index contributed by atoms with van der Waals surface area (Å²) in [4.78, 5) is 14.9. The number of rotatable bonds is 0. The topological polar surface area (TPSA) is 52.9 Å². The van der Waals surface area contributed by atoms with Crippen LogP contribution in [0.2, 0.25) is 0 Å². The van der Waals surface area contributed by atoms with Gasteiger partial charge in [-0.3, -0.25) is 4.99 Å². The van der Waals surface area contributed by atoms with Gasteiger partial charge in [-0.1, -0.05) is 11.6 Å². The van der Waals surface area contributed by atoms with Crippen LogP contribution >= 0.6 is 11.6 Å². The number of hydrogen-bond acceptors (Lipinski definition) is 2. The van der Waals surface area contributed by atoms with E-state index in [1.54, 1.807) is 0 Å². The molecule has 0 unspecified atom stereocenters. The second-order valence-corrected chi connectivity index (χ2v) is 2.06. The number of carbonyl (C=O) groups is 1. The van der Waals surface area contributed by atoms with Crippen molar-refractivity contribution in [2.75, 3.05) is 6.67 Å². The lowest BCUT2D eigenvalue weighted by atomic mass is 10.5. The zero-order valence-electron chi connectivity index (χ0n) is 4.99. The Hall–Kier alpha value is -1.03. The molecule has 0 fully saturated rings. The van der Waals surface area contributed by atoms with Gasteiger partial charge in [-0.25, -0.2) is 9.69 Å². The number of halogens is 1. The first-order chi connectivity index (χ1) is 4.72. The van der Waals surface area contributed by atoms with Crippen LogP contribution in [0.25, 0.3) is 0 Å². The van der Waals surface area contributed by atoms with Gasteiger partial charge in [0.05, 0.1) is 0 Å². The van der Waals surface area contributed by atoms with Crippen LogP contribution in [0.3, 0.4) is 0 Å². The Morgan fingerprint density at radius 1 is 1.90 bits per heavy atom. The van der Waals surface area contributed by atoms with Gasteiger partial charge in [-0.05, 0) is 6.08 Å². The number of amides is 1. The molecule has 1 aliphatic rings. The third kappa shape index (κ3) is 1.27. The molecule has 0 aromatic carbocycles. The summed E-state index contributed by atoms with van der Waals surface area (Å²) < 4.78 is 0. The van der Waals surface area contributed by atoms with Crippen LogP contribution in [0.5, 0.6) is 0 Å². The molecule has 0 atom stereocenters. The largest absolute Gasteiger partial charge is 0.465 e. The van der Waals surface area contributed by atoms with Gasteiger partial charge in [-0.2, -0.15) is 0 Å². The lowest BCUT2D eigenvalue weighted by Gasteiger charge is -2.16. The fraction of sp³-hybridized carbons (Fsp3) is 0.200.